The molecule has 0 aliphatic carbocycles. The maximum absolute atomic E-state index is 5.31. The Morgan fingerprint density at radius 3 is 1.14 bits per heavy atom. The lowest BCUT2D eigenvalue weighted by atomic mass is 9.95. The summed E-state index contributed by atoms with van der Waals surface area (Å²) in [4.78, 5) is 15.9. The zero-order chi connectivity index (χ0) is 38.4. The highest BCUT2D eigenvalue weighted by molar-refractivity contribution is 6.02. The van der Waals surface area contributed by atoms with Crippen molar-refractivity contribution in [2.24, 2.45) is 0 Å². The van der Waals surface area contributed by atoms with Crippen molar-refractivity contribution in [2.75, 3.05) is 0 Å². The van der Waals surface area contributed by atoms with Crippen LogP contribution >= 0.6 is 0 Å². The second-order valence-electron chi connectivity index (χ2n) is 14.8. The van der Waals surface area contributed by atoms with Crippen molar-refractivity contribution in [3.8, 4) is 67.5 Å². The lowest BCUT2D eigenvalue weighted by Crippen LogP contribution is -2.01. The second-order valence-corrected chi connectivity index (χ2v) is 14.8. The Morgan fingerprint density at radius 1 is 0.207 bits per heavy atom. The smallest absolute Gasteiger partial charge is 0.164 e. The van der Waals surface area contributed by atoms with Crippen LogP contribution in [0.3, 0.4) is 0 Å². The Hall–Kier alpha value is -7.75. The van der Waals surface area contributed by atoms with Gasteiger partial charge in [-0.05, 0) is 101 Å². The van der Waals surface area contributed by atoms with Gasteiger partial charge in [-0.2, -0.15) is 0 Å². The second kappa shape index (κ2) is 14.1. The van der Waals surface area contributed by atoms with Gasteiger partial charge in [0, 0.05) is 16.7 Å². The van der Waals surface area contributed by atoms with Crippen LogP contribution in [0.2, 0.25) is 0 Å². The standard InChI is InChI=1S/C55H35N3/c1-3-13-37(14-4-1)47-21-9-18-39-26-30-45(34-50(39)47)53-56-54(46-31-27-40-19-10-22-48(51(40)35-46)38-15-5-2-6-16-38)58-55(57-53)49-23-11-20-41-25-29-44(33-52(41)49)43-28-24-36-12-7-8-17-42(36)32-43/h1-35H. The largest absolute Gasteiger partial charge is 0.208 e. The molecule has 0 N–H and O–H groups in total. The van der Waals surface area contributed by atoms with E-state index in [-0.39, 0.29) is 0 Å². The predicted octanol–water partition coefficient (Wildman–Crippen LogP) is 14.5. The molecule has 3 heteroatoms. The highest BCUT2D eigenvalue weighted by Gasteiger charge is 2.17. The summed E-state index contributed by atoms with van der Waals surface area (Å²) in [5.74, 6) is 1.89. The normalized spacial score (nSPS) is 11.4. The van der Waals surface area contributed by atoms with Gasteiger partial charge in [-0.15, -0.1) is 0 Å². The maximum atomic E-state index is 5.31. The minimum absolute atomic E-state index is 0.629. The molecular formula is C55H35N3. The van der Waals surface area contributed by atoms with Crippen LogP contribution in [0.5, 0.6) is 0 Å². The van der Waals surface area contributed by atoms with Gasteiger partial charge >= 0.3 is 0 Å². The molecule has 0 unspecified atom stereocenters. The van der Waals surface area contributed by atoms with E-state index < -0.39 is 0 Å². The number of fused-ring (bicyclic) bond motifs is 4. The first-order valence-corrected chi connectivity index (χ1v) is 19.7. The molecule has 0 aliphatic rings. The molecule has 11 aromatic rings. The molecule has 0 atom stereocenters. The van der Waals surface area contributed by atoms with Gasteiger partial charge in [0.1, 0.15) is 0 Å². The van der Waals surface area contributed by atoms with Crippen LogP contribution in [0.4, 0.5) is 0 Å². The van der Waals surface area contributed by atoms with Crippen LogP contribution in [0.1, 0.15) is 0 Å². The van der Waals surface area contributed by atoms with Crippen molar-refractivity contribution in [1.82, 2.24) is 15.0 Å². The third-order valence-corrected chi connectivity index (χ3v) is 11.3. The van der Waals surface area contributed by atoms with Crippen molar-refractivity contribution < 1.29 is 0 Å². The number of aromatic nitrogens is 3. The van der Waals surface area contributed by atoms with Gasteiger partial charge < -0.3 is 0 Å². The van der Waals surface area contributed by atoms with E-state index in [4.69, 9.17) is 15.0 Å². The number of nitrogens with zero attached hydrogens (tertiary/aromatic N) is 3. The van der Waals surface area contributed by atoms with E-state index in [9.17, 15) is 0 Å². The molecule has 58 heavy (non-hydrogen) atoms. The van der Waals surface area contributed by atoms with Crippen molar-refractivity contribution in [3.05, 3.63) is 212 Å². The fourth-order valence-electron chi connectivity index (χ4n) is 8.33. The van der Waals surface area contributed by atoms with Crippen LogP contribution in [-0.2, 0) is 0 Å². The van der Waals surface area contributed by atoms with Crippen LogP contribution in [0, 0.1) is 0 Å². The first kappa shape index (κ1) is 33.6. The van der Waals surface area contributed by atoms with E-state index in [0.29, 0.717) is 17.5 Å². The Labute approximate surface area is 336 Å². The molecule has 10 aromatic carbocycles. The average molecular weight is 738 g/mol. The summed E-state index contributed by atoms with van der Waals surface area (Å²) in [5, 5.41) is 9.30. The van der Waals surface area contributed by atoms with Crippen LogP contribution < -0.4 is 0 Å². The molecule has 0 amide bonds. The van der Waals surface area contributed by atoms with Gasteiger partial charge in [0.2, 0.25) is 0 Å². The summed E-state index contributed by atoms with van der Waals surface area (Å²) < 4.78 is 0. The number of hydrogen-bond donors (Lipinski definition) is 0. The molecule has 0 bridgehead atoms. The molecule has 0 saturated heterocycles. The van der Waals surface area contributed by atoms with Crippen molar-refractivity contribution in [2.45, 2.75) is 0 Å². The van der Waals surface area contributed by atoms with Gasteiger partial charge in [0.25, 0.3) is 0 Å². The molecule has 0 radical (unpaired) electrons. The van der Waals surface area contributed by atoms with Gasteiger partial charge in [0.15, 0.2) is 17.5 Å². The van der Waals surface area contributed by atoms with Crippen LogP contribution in [-0.4, -0.2) is 15.0 Å². The van der Waals surface area contributed by atoms with Gasteiger partial charge in [-0.3, -0.25) is 0 Å². The Bertz CT molecular complexity index is 3190. The number of rotatable bonds is 6. The van der Waals surface area contributed by atoms with Crippen molar-refractivity contribution >= 4 is 43.1 Å². The molecule has 270 valence electrons. The quantitative estimate of drug-likeness (QED) is 0.171. The minimum Gasteiger partial charge on any atom is -0.208 e. The molecule has 1 heterocycles. The molecule has 11 rings (SSSR count). The highest BCUT2D eigenvalue weighted by Crippen LogP contribution is 2.37. The maximum Gasteiger partial charge on any atom is 0.164 e. The van der Waals surface area contributed by atoms with Crippen LogP contribution in [0.15, 0.2) is 212 Å². The Morgan fingerprint density at radius 2 is 0.586 bits per heavy atom. The number of benzene rings is 10. The molecule has 0 fully saturated rings. The topological polar surface area (TPSA) is 38.7 Å². The summed E-state index contributed by atoms with van der Waals surface area (Å²) in [6, 6.07) is 75.4. The molecule has 0 saturated carbocycles. The third-order valence-electron chi connectivity index (χ3n) is 11.3. The summed E-state index contributed by atoms with van der Waals surface area (Å²) in [5.41, 5.74) is 9.83. The first-order chi connectivity index (χ1) is 28.7. The monoisotopic (exact) mass is 737 g/mol. The minimum atomic E-state index is 0.629. The molecule has 0 aliphatic heterocycles. The highest BCUT2D eigenvalue weighted by atomic mass is 15.0. The Kier molecular flexibility index (Phi) is 8.15. The van der Waals surface area contributed by atoms with E-state index in [1.807, 2.05) is 0 Å². The first-order valence-electron chi connectivity index (χ1n) is 19.7. The zero-order valence-corrected chi connectivity index (χ0v) is 31.5. The fraction of sp³-hybridized carbons (Fsp3) is 0. The molecule has 3 nitrogen and oxygen atoms in total. The van der Waals surface area contributed by atoms with E-state index >= 15 is 0 Å². The van der Waals surface area contributed by atoms with Crippen molar-refractivity contribution in [3.63, 3.8) is 0 Å². The Balaban J connectivity index is 1.13. The summed E-state index contributed by atoms with van der Waals surface area (Å²) >= 11 is 0. The number of hydrogen-bond acceptors (Lipinski definition) is 3. The van der Waals surface area contributed by atoms with E-state index in [1.54, 1.807) is 0 Å². The molecule has 1 aromatic heterocycles. The van der Waals surface area contributed by atoms with E-state index in [0.717, 1.165) is 54.6 Å². The molecular weight excluding hydrogens is 703 g/mol. The summed E-state index contributed by atoms with van der Waals surface area (Å²) in [6.45, 7) is 0. The van der Waals surface area contributed by atoms with Crippen LogP contribution in [0.25, 0.3) is 111 Å². The van der Waals surface area contributed by atoms with E-state index in [1.165, 1.54) is 38.6 Å². The SMILES string of the molecule is c1ccc(-c2cccc3ccc(-c4nc(-c5ccc6cccc(-c7ccccc7)c6c5)nc(-c5cccc6ccc(-c7ccc8ccccc8c7)cc56)n4)cc23)cc1. The lowest BCUT2D eigenvalue weighted by molar-refractivity contribution is 1.08. The van der Waals surface area contributed by atoms with E-state index in [2.05, 4.69) is 212 Å². The van der Waals surface area contributed by atoms with Crippen molar-refractivity contribution in [1.29, 1.82) is 0 Å². The summed E-state index contributed by atoms with van der Waals surface area (Å²) in [7, 11) is 0. The zero-order valence-electron chi connectivity index (χ0n) is 31.5. The third kappa shape index (κ3) is 6.07. The molecule has 0 spiro atoms. The van der Waals surface area contributed by atoms with Gasteiger partial charge in [-0.1, -0.05) is 188 Å². The van der Waals surface area contributed by atoms with Gasteiger partial charge in [0.05, 0.1) is 0 Å². The predicted molar refractivity (Wildman–Crippen MR) is 242 cm³/mol. The fourth-order valence-corrected chi connectivity index (χ4v) is 8.33. The van der Waals surface area contributed by atoms with Gasteiger partial charge in [-0.25, -0.2) is 15.0 Å². The lowest BCUT2D eigenvalue weighted by Gasteiger charge is -2.13. The average Bonchev–Trinajstić information content (AvgIpc) is 3.30. The summed E-state index contributed by atoms with van der Waals surface area (Å²) in [6.07, 6.45) is 0.